The highest BCUT2D eigenvalue weighted by Crippen LogP contribution is 2.37. The highest BCUT2D eigenvalue weighted by molar-refractivity contribution is 6.40. The van der Waals surface area contributed by atoms with E-state index >= 15 is 0 Å². The molecule has 194 valence electrons. The Kier molecular flexibility index (Phi) is 7.53. The molecule has 1 fully saturated rings. The molecule has 0 spiro atoms. The first-order chi connectivity index (χ1) is 17.8. The third kappa shape index (κ3) is 5.38. The molecule has 2 aliphatic rings. The number of amides is 1. The lowest BCUT2D eigenvalue weighted by Crippen LogP contribution is -2.42. The van der Waals surface area contributed by atoms with E-state index in [-0.39, 0.29) is 24.1 Å². The molecule has 2 aliphatic heterocycles. The van der Waals surface area contributed by atoms with Gasteiger partial charge in [-0.25, -0.2) is 4.98 Å². The first-order valence-corrected chi connectivity index (χ1v) is 13.1. The summed E-state index contributed by atoms with van der Waals surface area (Å²) in [6.07, 6.45) is 3.85. The first kappa shape index (κ1) is 25.7. The number of fused-ring (bicyclic) bond motifs is 1. The second kappa shape index (κ2) is 10.8. The molecule has 3 aromatic rings. The van der Waals surface area contributed by atoms with Gasteiger partial charge in [-0.05, 0) is 63.7 Å². The van der Waals surface area contributed by atoms with E-state index in [1.54, 1.807) is 18.2 Å². The number of carbonyl (C=O) groups excluding carboxylic acids is 1. The lowest BCUT2D eigenvalue weighted by atomic mass is 9.99. The minimum atomic E-state index is -0.323. The normalized spacial score (nSPS) is 17.5. The zero-order valence-electron chi connectivity index (χ0n) is 21.1. The SMILES string of the molecule is CC(c1ccc(Nc2ncc3c(n2)OCN(c2c(Cl)cccc2Cl)C3=O)cc1)N1CCC(N(C)C)CC1. The van der Waals surface area contributed by atoms with Gasteiger partial charge in [0.05, 0.1) is 15.7 Å². The van der Waals surface area contributed by atoms with Crippen molar-refractivity contribution in [1.82, 2.24) is 19.8 Å². The summed E-state index contributed by atoms with van der Waals surface area (Å²) < 4.78 is 5.78. The van der Waals surface area contributed by atoms with Crippen LogP contribution in [0.15, 0.2) is 48.7 Å². The number of halogens is 2. The Labute approximate surface area is 227 Å². The van der Waals surface area contributed by atoms with Gasteiger partial charge in [0.25, 0.3) is 5.91 Å². The van der Waals surface area contributed by atoms with E-state index in [1.807, 2.05) is 12.1 Å². The molecule has 8 nitrogen and oxygen atoms in total. The van der Waals surface area contributed by atoms with Crippen molar-refractivity contribution in [2.45, 2.75) is 31.8 Å². The smallest absolute Gasteiger partial charge is 0.268 e. The van der Waals surface area contributed by atoms with Crippen LogP contribution in [-0.4, -0.2) is 65.6 Å². The van der Waals surface area contributed by atoms with Crippen LogP contribution in [0.25, 0.3) is 0 Å². The molecule has 10 heteroatoms. The maximum atomic E-state index is 13.1. The quantitative estimate of drug-likeness (QED) is 0.435. The number of rotatable bonds is 6. The Morgan fingerprint density at radius 1 is 1.08 bits per heavy atom. The van der Waals surface area contributed by atoms with Crippen molar-refractivity contribution in [3.8, 4) is 5.88 Å². The van der Waals surface area contributed by atoms with E-state index in [0.717, 1.165) is 18.8 Å². The Balaban J connectivity index is 1.25. The molecule has 1 atom stereocenters. The zero-order chi connectivity index (χ0) is 26.1. The number of hydrogen-bond donors (Lipinski definition) is 1. The molecule has 37 heavy (non-hydrogen) atoms. The summed E-state index contributed by atoms with van der Waals surface area (Å²) in [5.74, 6) is 0.242. The lowest BCUT2D eigenvalue weighted by Gasteiger charge is -2.38. The van der Waals surface area contributed by atoms with E-state index in [1.165, 1.54) is 29.5 Å². The molecule has 0 aliphatic carbocycles. The third-order valence-electron chi connectivity index (χ3n) is 7.19. The van der Waals surface area contributed by atoms with Gasteiger partial charge in [0.15, 0.2) is 6.73 Å². The predicted octanol–water partition coefficient (Wildman–Crippen LogP) is 5.61. The second-order valence-electron chi connectivity index (χ2n) is 9.64. The molecule has 0 bridgehead atoms. The second-order valence-corrected chi connectivity index (χ2v) is 10.5. The van der Waals surface area contributed by atoms with Gasteiger partial charge in [0.1, 0.15) is 5.56 Å². The van der Waals surface area contributed by atoms with Gasteiger partial charge in [-0.1, -0.05) is 41.4 Å². The molecule has 1 N–H and O–H groups in total. The highest BCUT2D eigenvalue weighted by Gasteiger charge is 2.31. The summed E-state index contributed by atoms with van der Waals surface area (Å²) in [6.45, 7) is 4.42. The number of hydrogen-bond acceptors (Lipinski definition) is 7. The number of nitrogens with one attached hydrogen (secondary N) is 1. The van der Waals surface area contributed by atoms with E-state index in [2.05, 4.69) is 58.2 Å². The minimum absolute atomic E-state index is 0.0515. The van der Waals surface area contributed by atoms with Gasteiger partial charge in [-0.15, -0.1) is 0 Å². The van der Waals surface area contributed by atoms with Gasteiger partial charge in [0, 0.05) is 37.1 Å². The first-order valence-electron chi connectivity index (χ1n) is 12.3. The number of anilines is 3. The number of piperidine rings is 1. The standard InChI is InChI=1S/C27H30Cl2N6O2/c1-17(34-13-11-20(12-14-34)33(2)3)18-7-9-19(10-8-18)31-27-30-15-21-25(32-27)37-16-35(26(21)36)24-22(28)5-4-6-23(24)29/h4-10,15,17,20H,11-14,16H2,1-3H3,(H,30,31,32). The molecule has 2 aromatic carbocycles. The molecule has 0 saturated carbocycles. The number of carbonyl (C=O) groups is 1. The van der Waals surface area contributed by atoms with Crippen LogP contribution in [0.3, 0.4) is 0 Å². The lowest BCUT2D eigenvalue weighted by molar-refractivity contribution is 0.0932. The van der Waals surface area contributed by atoms with Crippen molar-refractivity contribution in [2.24, 2.45) is 0 Å². The van der Waals surface area contributed by atoms with E-state index in [4.69, 9.17) is 27.9 Å². The molecule has 5 rings (SSSR count). The highest BCUT2D eigenvalue weighted by atomic mass is 35.5. The Hall–Kier alpha value is -2.91. The van der Waals surface area contributed by atoms with Crippen molar-refractivity contribution in [1.29, 1.82) is 0 Å². The van der Waals surface area contributed by atoms with Gasteiger partial charge in [-0.2, -0.15) is 4.98 Å². The van der Waals surface area contributed by atoms with E-state index < -0.39 is 0 Å². The van der Waals surface area contributed by atoms with Crippen LogP contribution in [0.4, 0.5) is 17.3 Å². The number of benzene rings is 2. The van der Waals surface area contributed by atoms with Crippen molar-refractivity contribution in [3.05, 3.63) is 69.8 Å². The average molecular weight is 541 g/mol. The molecule has 1 unspecified atom stereocenters. The largest absolute Gasteiger partial charge is 0.455 e. The number of para-hydroxylation sites is 1. The molecule has 1 saturated heterocycles. The van der Waals surface area contributed by atoms with Crippen LogP contribution in [-0.2, 0) is 0 Å². The molecular formula is C27H30Cl2N6O2. The Bertz CT molecular complexity index is 1260. The maximum Gasteiger partial charge on any atom is 0.268 e. The van der Waals surface area contributed by atoms with Crippen molar-refractivity contribution in [2.75, 3.05) is 44.1 Å². The summed E-state index contributed by atoms with van der Waals surface area (Å²) in [5, 5.41) is 3.93. The summed E-state index contributed by atoms with van der Waals surface area (Å²) in [7, 11) is 4.33. The number of ether oxygens (including phenoxy) is 1. The Morgan fingerprint density at radius 3 is 2.41 bits per heavy atom. The average Bonchev–Trinajstić information content (AvgIpc) is 2.90. The fraction of sp³-hybridized carbons (Fsp3) is 0.370. The zero-order valence-corrected chi connectivity index (χ0v) is 22.6. The van der Waals surface area contributed by atoms with E-state index in [9.17, 15) is 4.79 Å². The fourth-order valence-corrected chi connectivity index (χ4v) is 5.50. The molecular weight excluding hydrogens is 511 g/mol. The van der Waals surface area contributed by atoms with E-state index in [0.29, 0.717) is 33.8 Å². The van der Waals surface area contributed by atoms with Crippen molar-refractivity contribution >= 4 is 46.4 Å². The Morgan fingerprint density at radius 2 is 1.76 bits per heavy atom. The van der Waals surface area contributed by atoms with Gasteiger partial charge in [0.2, 0.25) is 11.8 Å². The monoisotopic (exact) mass is 540 g/mol. The minimum Gasteiger partial charge on any atom is -0.455 e. The van der Waals surface area contributed by atoms with Gasteiger partial charge >= 0.3 is 0 Å². The predicted molar refractivity (Wildman–Crippen MR) is 147 cm³/mol. The van der Waals surface area contributed by atoms with Crippen LogP contribution >= 0.6 is 23.2 Å². The van der Waals surface area contributed by atoms with Gasteiger partial charge < -0.3 is 15.0 Å². The van der Waals surface area contributed by atoms with Crippen LogP contribution in [0.2, 0.25) is 10.0 Å². The molecule has 1 aromatic heterocycles. The molecule has 1 amide bonds. The number of aromatic nitrogens is 2. The maximum absolute atomic E-state index is 13.1. The van der Waals surface area contributed by atoms with Crippen molar-refractivity contribution < 1.29 is 9.53 Å². The van der Waals surface area contributed by atoms with Crippen LogP contribution in [0, 0.1) is 0 Å². The van der Waals surface area contributed by atoms with Crippen LogP contribution < -0.4 is 15.0 Å². The third-order valence-corrected chi connectivity index (χ3v) is 7.80. The topological polar surface area (TPSA) is 73.8 Å². The molecule has 0 radical (unpaired) electrons. The van der Waals surface area contributed by atoms with Gasteiger partial charge in [-0.3, -0.25) is 14.6 Å². The molecule has 3 heterocycles. The number of likely N-dealkylation sites (tertiary alicyclic amines) is 1. The summed E-state index contributed by atoms with van der Waals surface area (Å²) in [6, 6.07) is 14.4. The summed E-state index contributed by atoms with van der Waals surface area (Å²) in [4.78, 5) is 28.1. The van der Waals surface area contributed by atoms with Crippen LogP contribution in [0.1, 0.15) is 41.7 Å². The fourth-order valence-electron chi connectivity index (χ4n) is 4.90. The number of nitrogens with zero attached hydrogens (tertiary/aromatic N) is 5. The summed E-state index contributed by atoms with van der Waals surface area (Å²) >= 11 is 12.6. The summed E-state index contributed by atoms with van der Waals surface area (Å²) in [5.41, 5.74) is 2.77. The van der Waals surface area contributed by atoms with Crippen LogP contribution in [0.5, 0.6) is 5.88 Å². The van der Waals surface area contributed by atoms with Crippen molar-refractivity contribution in [3.63, 3.8) is 0 Å².